The predicted molar refractivity (Wildman–Crippen MR) is 105 cm³/mol. The second kappa shape index (κ2) is 8.35. The highest BCUT2D eigenvalue weighted by molar-refractivity contribution is 6.20. The van der Waals surface area contributed by atoms with Crippen LogP contribution in [0.25, 0.3) is 0 Å². The maximum atomic E-state index is 12.7. The molecule has 2 atom stereocenters. The number of likely N-dealkylation sites (tertiary alicyclic amines) is 1. The molecule has 7 nitrogen and oxygen atoms in total. The van der Waals surface area contributed by atoms with Gasteiger partial charge in [-0.1, -0.05) is 18.9 Å². The molecule has 3 fully saturated rings. The minimum Gasteiger partial charge on any atom is -0.452 e. The number of carbonyl (C=O) groups excluding carboxylic acids is 4. The number of hydrogen-bond acceptors (Lipinski definition) is 5. The molecule has 0 bridgehead atoms. The lowest BCUT2D eigenvalue weighted by atomic mass is 9.78. The van der Waals surface area contributed by atoms with Crippen molar-refractivity contribution in [2.45, 2.75) is 57.4 Å². The van der Waals surface area contributed by atoms with Crippen molar-refractivity contribution in [2.24, 2.45) is 5.92 Å². The van der Waals surface area contributed by atoms with E-state index in [4.69, 9.17) is 4.74 Å². The molecule has 3 amide bonds. The smallest absolute Gasteiger partial charge is 0.338 e. The largest absolute Gasteiger partial charge is 0.452 e. The summed E-state index contributed by atoms with van der Waals surface area (Å²) in [7, 11) is 0. The molecule has 0 unspecified atom stereocenters. The minimum absolute atomic E-state index is 0.143. The van der Waals surface area contributed by atoms with E-state index in [2.05, 4.69) is 0 Å². The summed E-state index contributed by atoms with van der Waals surface area (Å²) in [6.07, 6.45) is 7.12. The van der Waals surface area contributed by atoms with Crippen LogP contribution in [0, 0.1) is 5.92 Å². The number of fused-ring (bicyclic) bond motifs is 1. The molecule has 154 valence electrons. The number of ether oxygens (including phenoxy) is 1. The van der Waals surface area contributed by atoms with Crippen molar-refractivity contribution in [1.29, 1.82) is 0 Å². The van der Waals surface area contributed by atoms with Crippen molar-refractivity contribution in [3.05, 3.63) is 29.8 Å². The van der Waals surface area contributed by atoms with E-state index >= 15 is 0 Å². The highest BCUT2D eigenvalue weighted by atomic mass is 16.5. The summed E-state index contributed by atoms with van der Waals surface area (Å²) in [5.41, 5.74) is 0.580. The van der Waals surface area contributed by atoms with E-state index in [9.17, 15) is 19.2 Å². The normalized spacial score (nSPS) is 24.4. The summed E-state index contributed by atoms with van der Waals surface area (Å²) in [6, 6.07) is 6.51. The van der Waals surface area contributed by atoms with Crippen molar-refractivity contribution in [3.63, 3.8) is 0 Å². The van der Waals surface area contributed by atoms with Crippen LogP contribution in [0.1, 0.15) is 61.7 Å². The second-order valence-electron chi connectivity index (χ2n) is 8.09. The number of piperidine rings is 1. The van der Waals surface area contributed by atoms with Gasteiger partial charge in [-0.25, -0.2) is 4.79 Å². The van der Waals surface area contributed by atoms with Gasteiger partial charge < -0.3 is 9.64 Å². The zero-order valence-electron chi connectivity index (χ0n) is 16.5. The highest BCUT2D eigenvalue weighted by Crippen LogP contribution is 2.35. The number of carbonyl (C=O) groups is 4. The van der Waals surface area contributed by atoms with Crippen molar-refractivity contribution in [3.8, 4) is 0 Å². The van der Waals surface area contributed by atoms with Crippen LogP contribution in [0.2, 0.25) is 0 Å². The number of amides is 3. The van der Waals surface area contributed by atoms with Gasteiger partial charge in [0, 0.05) is 25.4 Å². The Balaban J connectivity index is 1.38. The molecule has 1 aromatic rings. The van der Waals surface area contributed by atoms with Crippen molar-refractivity contribution < 1.29 is 23.9 Å². The van der Waals surface area contributed by atoms with Crippen LogP contribution >= 0.6 is 0 Å². The molecule has 0 aromatic heterocycles. The third-order valence-corrected chi connectivity index (χ3v) is 6.28. The zero-order valence-corrected chi connectivity index (χ0v) is 16.5. The number of anilines is 1. The molecule has 0 N–H and O–H groups in total. The highest BCUT2D eigenvalue weighted by Gasteiger charge is 2.36. The van der Waals surface area contributed by atoms with Crippen LogP contribution in [-0.2, 0) is 19.1 Å². The number of rotatable bonds is 4. The first-order valence-corrected chi connectivity index (χ1v) is 10.5. The average Bonchev–Trinajstić information content (AvgIpc) is 3.09. The van der Waals surface area contributed by atoms with Gasteiger partial charge in [0.15, 0.2) is 6.61 Å². The van der Waals surface area contributed by atoms with Crippen molar-refractivity contribution in [2.75, 3.05) is 18.1 Å². The molecule has 7 heteroatoms. The van der Waals surface area contributed by atoms with Gasteiger partial charge in [0.2, 0.25) is 11.8 Å². The molecule has 2 saturated heterocycles. The quantitative estimate of drug-likeness (QED) is 0.575. The Morgan fingerprint density at radius 1 is 1.00 bits per heavy atom. The number of nitrogens with zero attached hydrogens (tertiary/aromatic N) is 2. The minimum atomic E-state index is -0.628. The van der Waals surface area contributed by atoms with Gasteiger partial charge in [-0.2, -0.15) is 0 Å². The van der Waals surface area contributed by atoms with Gasteiger partial charge in [-0.05, 0) is 49.8 Å². The van der Waals surface area contributed by atoms with Gasteiger partial charge in [0.05, 0.1) is 11.3 Å². The van der Waals surface area contributed by atoms with Crippen LogP contribution in [-0.4, -0.2) is 47.8 Å². The van der Waals surface area contributed by atoms with E-state index in [1.54, 1.807) is 18.2 Å². The fraction of sp³-hybridized carbons (Fsp3) is 0.545. The fourth-order valence-electron chi connectivity index (χ4n) is 4.86. The topological polar surface area (TPSA) is 84.0 Å². The summed E-state index contributed by atoms with van der Waals surface area (Å²) < 4.78 is 5.28. The van der Waals surface area contributed by atoms with Gasteiger partial charge >= 0.3 is 5.97 Å². The molecular formula is C22H26N2O5. The predicted octanol–water partition coefficient (Wildman–Crippen LogP) is 2.68. The van der Waals surface area contributed by atoms with E-state index in [0.29, 0.717) is 11.6 Å². The molecule has 0 spiro atoms. The van der Waals surface area contributed by atoms with Gasteiger partial charge in [-0.15, -0.1) is 0 Å². The van der Waals surface area contributed by atoms with Crippen molar-refractivity contribution >= 4 is 29.4 Å². The number of hydrogen-bond donors (Lipinski definition) is 0. The molecule has 2 aliphatic heterocycles. The first kappa shape index (κ1) is 19.6. The van der Waals surface area contributed by atoms with Crippen LogP contribution in [0.5, 0.6) is 0 Å². The van der Waals surface area contributed by atoms with Gasteiger partial charge in [-0.3, -0.25) is 19.3 Å². The summed E-state index contributed by atoms with van der Waals surface area (Å²) in [5.74, 6) is -0.748. The third-order valence-electron chi connectivity index (χ3n) is 6.28. The van der Waals surface area contributed by atoms with Gasteiger partial charge in [0.1, 0.15) is 0 Å². The average molecular weight is 398 g/mol. The van der Waals surface area contributed by atoms with Gasteiger partial charge in [0.25, 0.3) is 5.91 Å². The van der Waals surface area contributed by atoms with E-state index in [-0.39, 0.29) is 48.8 Å². The Hall–Kier alpha value is -2.70. The molecule has 1 saturated carbocycles. The molecule has 0 radical (unpaired) electrons. The Kier molecular flexibility index (Phi) is 5.65. The van der Waals surface area contributed by atoms with Crippen LogP contribution in [0.3, 0.4) is 0 Å². The van der Waals surface area contributed by atoms with Crippen LogP contribution in [0.15, 0.2) is 24.3 Å². The Morgan fingerprint density at radius 3 is 2.52 bits per heavy atom. The van der Waals surface area contributed by atoms with E-state index in [1.807, 2.05) is 4.90 Å². The van der Waals surface area contributed by atoms with E-state index < -0.39 is 5.97 Å². The van der Waals surface area contributed by atoms with E-state index in [1.165, 1.54) is 25.3 Å². The molecular weight excluding hydrogens is 372 g/mol. The summed E-state index contributed by atoms with van der Waals surface area (Å²) in [4.78, 5) is 52.0. The van der Waals surface area contributed by atoms with Crippen LogP contribution < -0.4 is 4.90 Å². The lowest BCUT2D eigenvalue weighted by molar-refractivity contribution is -0.140. The third kappa shape index (κ3) is 4.04. The Bertz CT molecular complexity index is 818. The Morgan fingerprint density at radius 2 is 1.72 bits per heavy atom. The van der Waals surface area contributed by atoms with Crippen molar-refractivity contribution in [1.82, 2.24) is 4.90 Å². The second-order valence-corrected chi connectivity index (χ2v) is 8.09. The molecule has 29 heavy (non-hydrogen) atoms. The first-order valence-electron chi connectivity index (χ1n) is 10.5. The molecule has 2 heterocycles. The lowest BCUT2D eigenvalue weighted by Gasteiger charge is -2.44. The first-order chi connectivity index (χ1) is 14.0. The number of imide groups is 1. The monoisotopic (exact) mass is 398 g/mol. The molecule has 3 aliphatic rings. The lowest BCUT2D eigenvalue weighted by Crippen LogP contribution is -2.50. The van der Waals surface area contributed by atoms with Crippen LogP contribution in [0.4, 0.5) is 5.69 Å². The molecule has 1 aliphatic carbocycles. The fourth-order valence-corrected chi connectivity index (χ4v) is 4.86. The number of benzene rings is 1. The molecule has 4 rings (SSSR count). The zero-order chi connectivity index (χ0) is 20.4. The Labute approximate surface area is 170 Å². The maximum Gasteiger partial charge on any atom is 0.338 e. The summed E-state index contributed by atoms with van der Waals surface area (Å²) >= 11 is 0. The SMILES string of the molecule is O=C(OCC(=O)N1CCC[C@H]2CCCC[C@@H]21)c1cccc(N2C(=O)CCC2=O)c1. The van der Waals surface area contributed by atoms with E-state index in [0.717, 1.165) is 30.7 Å². The summed E-state index contributed by atoms with van der Waals surface area (Å²) in [6.45, 7) is 0.445. The number of esters is 1. The maximum absolute atomic E-state index is 12.7. The standard InChI is InChI=1S/C22H26N2O5/c25-19-10-11-20(26)24(19)17-8-3-6-16(13-17)22(28)29-14-21(27)23-12-4-7-15-5-1-2-9-18(15)23/h3,6,8,13,15,18H,1-2,4-5,7,9-12,14H2/t15-,18+/m1/s1. The molecule has 1 aromatic carbocycles. The summed E-state index contributed by atoms with van der Waals surface area (Å²) in [5, 5.41) is 0.